The van der Waals surface area contributed by atoms with Gasteiger partial charge in [0.2, 0.25) is 5.91 Å². The van der Waals surface area contributed by atoms with Gasteiger partial charge in [0.15, 0.2) is 11.0 Å². The van der Waals surface area contributed by atoms with Crippen molar-refractivity contribution in [1.29, 1.82) is 0 Å². The third kappa shape index (κ3) is 4.60. The van der Waals surface area contributed by atoms with Crippen molar-refractivity contribution in [3.63, 3.8) is 0 Å². The monoisotopic (exact) mass is 392 g/mol. The van der Waals surface area contributed by atoms with E-state index in [-0.39, 0.29) is 5.91 Å². The fourth-order valence-electron chi connectivity index (χ4n) is 3.28. The summed E-state index contributed by atoms with van der Waals surface area (Å²) in [5.41, 5.74) is 0.896. The van der Waals surface area contributed by atoms with Gasteiger partial charge in [-0.1, -0.05) is 61.7 Å². The molecular formula is C19H25ClN4OS. The molecule has 1 aromatic heterocycles. The van der Waals surface area contributed by atoms with E-state index in [1.54, 1.807) is 0 Å². The second-order valence-corrected chi connectivity index (χ2v) is 7.94. The molecule has 7 heteroatoms. The zero-order valence-corrected chi connectivity index (χ0v) is 16.7. The highest BCUT2D eigenvalue weighted by atomic mass is 35.5. The van der Waals surface area contributed by atoms with Crippen molar-refractivity contribution in [3.8, 4) is 11.4 Å². The standard InChI is InChI=1S/C19H25ClN4OS/c1-2-3-12-21-17(25)13-26-19-23-22-18(15-10-6-7-11-16(15)20)24(19)14-8-4-5-9-14/h6-7,10-11,14H,2-5,8-9,12-13H2,1H3,(H,21,25). The highest BCUT2D eigenvalue weighted by Crippen LogP contribution is 2.38. The highest BCUT2D eigenvalue weighted by molar-refractivity contribution is 7.99. The first-order chi connectivity index (χ1) is 12.7. The molecule has 5 nitrogen and oxygen atoms in total. The van der Waals surface area contributed by atoms with E-state index in [2.05, 4.69) is 27.0 Å². The number of rotatable bonds is 8. The summed E-state index contributed by atoms with van der Waals surface area (Å²) in [5.74, 6) is 1.21. The van der Waals surface area contributed by atoms with Crippen molar-refractivity contribution >= 4 is 29.3 Å². The summed E-state index contributed by atoms with van der Waals surface area (Å²) in [6.07, 6.45) is 6.74. The molecule has 0 spiro atoms. The number of hydrogen-bond acceptors (Lipinski definition) is 4. The minimum absolute atomic E-state index is 0.0451. The Morgan fingerprint density at radius 2 is 2.08 bits per heavy atom. The highest BCUT2D eigenvalue weighted by Gasteiger charge is 2.26. The maximum atomic E-state index is 12.0. The van der Waals surface area contributed by atoms with Gasteiger partial charge in [-0.15, -0.1) is 10.2 Å². The molecule has 1 amide bonds. The zero-order chi connectivity index (χ0) is 18.4. The minimum Gasteiger partial charge on any atom is -0.355 e. The third-order valence-electron chi connectivity index (χ3n) is 4.65. The molecule has 1 N–H and O–H groups in total. The van der Waals surface area contributed by atoms with Gasteiger partial charge in [-0.05, 0) is 31.4 Å². The molecule has 1 saturated carbocycles. The minimum atomic E-state index is 0.0451. The van der Waals surface area contributed by atoms with Crippen LogP contribution in [0.4, 0.5) is 0 Å². The van der Waals surface area contributed by atoms with Crippen LogP contribution in [-0.4, -0.2) is 33.0 Å². The molecule has 1 aromatic carbocycles. The number of amides is 1. The number of nitrogens with one attached hydrogen (secondary N) is 1. The van der Waals surface area contributed by atoms with Gasteiger partial charge in [0.25, 0.3) is 0 Å². The van der Waals surface area contributed by atoms with Gasteiger partial charge in [-0.3, -0.25) is 9.36 Å². The Bertz CT molecular complexity index is 743. The van der Waals surface area contributed by atoms with E-state index in [1.807, 2.05) is 24.3 Å². The van der Waals surface area contributed by atoms with Crippen LogP contribution in [0.2, 0.25) is 5.02 Å². The molecule has 1 heterocycles. The lowest BCUT2D eigenvalue weighted by Gasteiger charge is -2.17. The molecule has 3 rings (SSSR count). The smallest absolute Gasteiger partial charge is 0.230 e. The number of benzene rings is 1. The lowest BCUT2D eigenvalue weighted by molar-refractivity contribution is -0.118. The SMILES string of the molecule is CCCCNC(=O)CSc1nnc(-c2ccccc2Cl)n1C1CCCC1. The van der Waals surface area contributed by atoms with Crippen molar-refractivity contribution in [1.82, 2.24) is 20.1 Å². The van der Waals surface area contributed by atoms with Crippen LogP contribution in [0.25, 0.3) is 11.4 Å². The first-order valence-electron chi connectivity index (χ1n) is 9.30. The van der Waals surface area contributed by atoms with E-state index in [9.17, 15) is 4.79 Å². The quantitative estimate of drug-likeness (QED) is 0.521. The van der Waals surface area contributed by atoms with Crippen LogP contribution in [0.5, 0.6) is 0 Å². The average molecular weight is 393 g/mol. The third-order valence-corrected chi connectivity index (χ3v) is 5.93. The average Bonchev–Trinajstić information content (AvgIpc) is 3.30. The summed E-state index contributed by atoms with van der Waals surface area (Å²) < 4.78 is 2.19. The van der Waals surface area contributed by atoms with Crippen molar-refractivity contribution < 1.29 is 4.79 Å². The van der Waals surface area contributed by atoms with Crippen LogP contribution in [-0.2, 0) is 4.79 Å². The van der Waals surface area contributed by atoms with E-state index in [1.165, 1.54) is 24.6 Å². The van der Waals surface area contributed by atoms with Gasteiger partial charge in [-0.2, -0.15) is 0 Å². The molecule has 26 heavy (non-hydrogen) atoms. The molecule has 0 saturated heterocycles. The largest absolute Gasteiger partial charge is 0.355 e. The summed E-state index contributed by atoms with van der Waals surface area (Å²) in [5, 5.41) is 13.2. The lowest BCUT2D eigenvalue weighted by Crippen LogP contribution is -2.26. The molecule has 2 aromatic rings. The van der Waals surface area contributed by atoms with Crippen LogP contribution >= 0.6 is 23.4 Å². The Kier molecular flexibility index (Phi) is 6.97. The Hall–Kier alpha value is -1.53. The Morgan fingerprint density at radius 1 is 1.31 bits per heavy atom. The van der Waals surface area contributed by atoms with Gasteiger partial charge in [-0.25, -0.2) is 0 Å². The number of halogens is 1. The summed E-state index contributed by atoms with van der Waals surface area (Å²) in [4.78, 5) is 12.0. The predicted molar refractivity (Wildman–Crippen MR) is 107 cm³/mol. The van der Waals surface area contributed by atoms with E-state index in [0.717, 1.165) is 48.8 Å². The van der Waals surface area contributed by atoms with E-state index in [4.69, 9.17) is 11.6 Å². The molecule has 140 valence electrons. The van der Waals surface area contributed by atoms with Gasteiger partial charge >= 0.3 is 0 Å². The maximum Gasteiger partial charge on any atom is 0.230 e. The molecule has 1 aliphatic carbocycles. The van der Waals surface area contributed by atoms with Gasteiger partial charge in [0.1, 0.15) is 0 Å². The number of hydrogen-bond donors (Lipinski definition) is 1. The Morgan fingerprint density at radius 3 is 2.81 bits per heavy atom. The molecule has 0 aliphatic heterocycles. The first-order valence-corrected chi connectivity index (χ1v) is 10.7. The van der Waals surface area contributed by atoms with Crippen molar-refractivity contribution in [2.75, 3.05) is 12.3 Å². The molecular weight excluding hydrogens is 368 g/mol. The second-order valence-electron chi connectivity index (χ2n) is 6.59. The lowest BCUT2D eigenvalue weighted by atomic mass is 10.2. The number of nitrogens with zero attached hydrogens (tertiary/aromatic N) is 3. The van der Waals surface area contributed by atoms with Crippen LogP contribution in [0.15, 0.2) is 29.4 Å². The summed E-state index contributed by atoms with van der Waals surface area (Å²) in [7, 11) is 0. The van der Waals surface area contributed by atoms with Gasteiger partial charge in [0.05, 0.1) is 10.8 Å². The number of carbonyl (C=O) groups excluding carboxylic acids is 1. The topological polar surface area (TPSA) is 59.8 Å². The zero-order valence-electron chi connectivity index (χ0n) is 15.1. The van der Waals surface area contributed by atoms with Crippen LogP contribution in [0.3, 0.4) is 0 Å². The number of thioether (sulfide) groups is 1. The summed E-state index contributed by atoms with van der Waals surface area (Å²) in [6, 6.07) is 8.10. The molecule has 0 bridgehead atoms. The number of carbonyl (C=O) groups is 1. The van der Waals surface area contributed by atoms with Gasteiger partial charge < -0.3 is 5.32 Å². The van der Waals surface area contributed by atoms with Crippen molar-refractivity contribution in [3.05, 3.63) is 29.3 Å². The van der Waals surface area contributed by atoms with E-state index >= 15 is 0 Å². The molecule has 0 radical (unpaired) electrons. The fourth-order valence-corrected chi connectivity index (χ4v) is 4.33. The molecule has 1 aliphatic rings. The Labute approximate surface area is 163 Å². The number of unbranched alkanes of at least 4 members (excludes halogenated alkanes) is 1. The normalized spacial score (nSPS) is 14.7. The maximum absolute atomic E-state index is 12.0. The first kappa shape index (κ1) is 19.2. The molecule has 0 atom stereocenters. The second kappa shape index (κ2) is 9.42. The van der Waals surface area contributed by atoms with Crippen molar-refractivity contribution in [2.45, 2.75) is 56.6 Å². The van der Waals surface area contributed by atoms with Crippen LogP contribution in [0.1, 0.15) is 51.5 Å². The molecule has 0 unspecified atom stereocenters. The number of aromatic nitrogens is 3. The van der Waals surface area contributed by atoms with Crippen molar-refractivity contribution in [2.24, 2.45) is 0 Å². The van der Waals surface area contributed by atoms with Gasteiger partial charge in [0, 0.05) is 18.2 Å². The van der Waals surface area contributed by atoms with E-state index in [0.29, 0.717) is 16.8 Å². The summed E-state index contributed by atoms with van der Waals surface area (Å²) >= 11 is 7.85. The Balaban J connectivity index is 1.79. The summed E-state index contributed by atoms with van der Waals surface area (Å²) in [6.45, 7) is 2.84. The predicted octanol–water partition coefficient (Wildman–Crippen LogP) is 4.72. The molecule has 1 fully saturated rings. The van der Waals surface area contributed by atoms with E-state index < -0.39 is 0 Å². The fraction of sp³-hybridized carbons (Fsp3) is 0.526. The van der Waals surface area contributed by atoms with Crippen LogP contribution in [0, 0.1) is 0 Å². The van der Waals surface area contributed by atoms with Crippen LogP contribution < -0.4 is 5.32 Å².